The molecular weight excluding hydrogens is 424 g/mol. The van der Waals surface area contributed by atoms with E-state index in [0.717, 1.165) is 5.56 Å². The Morgan fingerprint density at radius 3 is 2.87 bits per heavy atom. The van der Waals surface area contributed by atoms with Crippen molar-refractivity contribution in [1.29, 1.82) is 0 Å². The highest BCUT2D eigenvalue weighted by molar-refractivity contribution is 7.84. The van der Waals surface area contributed by atoms with E-state index in [2.05, 4.69) is 24.5 Å². The summed E-state index contributed by atoms with van der Waals surface area (Å²) in [4.78, 5) is 25.5. The maximum absolute atomic E-state index is 12.5. The molecule has 2 atom stereocenters. The van der Waals surface area contributed by atoms with Crippen LogP contribution >= 0.6 is 0 Å². The summed E-state index contributed by atoms with van der Waals surface area (Å²) in [5.41, 5.74) is 3.19. The lowest BCUT2D eigenvalue weighted by atomic mass is 10.1. The second-order valence-electron chi connectivity index (χ2n) is 7.21. The molecule has 11 nitrogen and oxygen atoms in total. The number of benzene rings is 1. The molecule has 1 aromatic carbocycles. The van der Waals surface area contributed by atoms with Gasteiger partial charge in [0.25, 0.3) is 5.91 Å². The Labute approximate surface area is 178 Å². The van der Waals surface area contributed by atoms with Crippen LogP contribution in [0.25, 0.3) is 11.2 Å². The highest BCUT2D eigenvalue weighted by Crippen LogP contribution is 2.31. The molecule has 1 fully saturated rings. The van der Waals surface area contributed by atoms with Gasteiger partial charge in [-0.15, -0.1) is 0 Å². The van der Waals surface area contributed by atoms with Gasteiger partial charge in [0.15, 0.2) is 5.65 Å². The number of carbonyl (C=O) groups is 1. The van der Waals surface area contributed by atoms with E-state index in [9.17, 15) is 13.2 Å². The molecule has 0 unspecified atom stereocenters. The molecule has 164 valence electrons. The summed E-state index contributed by atoms with van der Waals surface area (Å²) < 4.78 is 34.2. The van der Waals surface area contributed by atoms with Crippen molar-refractivity contribution in [2.75, 3.05) is 6.61 Å². The standard InChI is InChI=1S/C19H22N6O5S/c1-12-4-2-3-5-14(12)19(26)21-8-15-17-18(23-10-22-15)25(11-24-17)16-7-6-13(30-16)9-29-31(20,27)28/h2-5,10-11,13,16H,6-9H2,1H3,(H,21,26)(H2,20,27,28)/t13-,16+/m0/s1. The number of aromatic nitrogens is 4. The fraction of sp³-hybridized carbons (Fsp3) is 0.368. The van der Waals surface area contributed by atoms with Crippen molar-refractivity contribution >= 4 is 27.4 Å². The molecule has 3 N–H and O–H groups in total. The monoisotopic (exact) mass is 446 g/mol. The first-order valence-electron chi connectivity index (χ1n) is 9.64. The van der Waals surface area contributed by atoms with E-state index in [1.807, 2.05) is 25.1 Å². The summed E-state index contributed by atoms with van der Waals surface area (Å²) in [6.07, 6.45) is 3.46. The first-order valence-corrected chi connectivity index (χ1v) is 11.1. The van der Waals surface area contributed by atoms with E-state index in [0.29, 0.717) is 35.3 Å². The summed E-state index contributed by atoms with van der Waals surface area (Å²) in [6, 6.07) is 7.34. The number of carbonyl (C=O) groups excluding carboxylic acids is 1. The van der Waals surface area contributed by atoms with Gasteiger partial charge in [0.05, 0.1) is 31.3 Å². The van der Waals surface area contributed by atoms with E-state index in [1.165, 1.54) is 6.33 Å². The fourth-order valence-corrected chi connectivity index (χ4v) is 3.85. The summed E-state index contributed by atoms with van der Waals surface area (Å²) in [5.74, 6) is -0.193. The minimum Gasteiger partial charge on any atom is -0.352 e. The number of nitrogens with one attached hydrogen (secondary N) is 1. The Morgan fingerprint density at radius 1 is 1.29 bits per heavy atom. The number of amides is 1. The summed E-state index contributed by atoms with van der Waals surface area (Å²) >= 11 is 0. The van der Waals surface area contributed by atoms with Gasteiger partial charge in [-0.2, -0.15) is 8.42 Å². The first-order chi connectivity index (χ1) is 14.8. The van der Waals surface area contributed by atoms with Crippen LogP contribution in [0.3, 0.4) is 0 Å². The first kappa shape index (κ1) is 21.3. The van der Waals surface area contributed by atoms with E-state index in [-0.39, 0.29) is 25.3 Å². The molecule has 0 aliphatic carbocycles. The highest BCUT2D eigenvalue weighted by Gasteiger charge is 2.29. The molecule has 2 aromatic heterocycles. The maximum Gasteiger partial charge on any atom is 0.333 e. The molecule has 3 heterocycles. The normalized spacial score (nSPS) is 19.0. The third kappa shape index (κ3) is 4.88. The van der Waals surface area contributed by atoms with Crippen molar-refractivity contribution < 1.29 is 22.1 Å². The zero-order valence-electron chi connectivity index (χ0n) is 16.8. The molecule has 0 saturated carbocycles. The van der Waals surface area contributed by atoms with Crippen LogP contribution in [-0.2, 0) is 25.8 Å². The minimum atomic E-state index is -4.01. The van der Waals surface area contributed by atoms with Crippen molar-refractivity contribution in [2.24, 2.45) is 5.14 Å². The van der Waals surface area contributed by atoms with Gasteiger partial charge in [0.1, 0.15) is 18.1 Å². The molecule has 4 rings (SSSR count). The Bertz CT molecular complexity index is 1210. The number of nitrogens with zero attached hydrogens (tertiary/aromatic N) is 4. The molecule has 0 spiro atoms. The number of rotatable bonds is 7. The smallest absolute Gasteiger partial charge is 0.333 e. The fourth-order valence-electron chi connectivity index (χ4n) is 3.51. The zero-order valence-corrected chi connectivity index (χ0v) is 17.6. The van der Waals surface area contributed by atoms with Crippen molar-refractivity contribution in [3.63, 3.8) is 0 Å². The van der Waals surface area contributed by atoms with E-state index < -0.39 is 16.4 Å². The van der Waals surface area contributed by atoms with E-state index in [4.69, 9.17) is 9.88 Å². The quantitative estimate of drug-likeness (QED) is 0.544. The zero-order chi connectivity index (χ0) is 22.0. The lowest BCUT2D eigenvalue weighted by Gasteiger charge is -2.15. The van der Waals surface area contributed by atoms with Crippen LogP contribution in [0.4, 0.5) is 0 Å². The van der Waals surface area contributed by atoms with Gasteiger partial charge in [-0.3, -0.25) is 13.5 Å². The Morgan fingerprint density at radius 2 is 2.10 bits per heavy atom. The average molecular weight is 446 g/mol. The molecule has 3 aromatic rings. The molecule has 31 heavy (non-hydrogen) atoms. The second kappa shape index (κ2) is 8.67. The second-order valence-corrected chi connectivity index (χ2v) is 8.43. The molecule has 12 heteroatoms. The largest absolute Gasteiger partial charge is 0.352 e. The summed E-state index contributed by atoms with van der Waals surface area (Å²) in [7, 11) is -4.01. The number of ether oxygens (including phenoxy) is 1. The maximum atomic E-state index is 12.5. The van der Waals surface area contributed by atoms with Gasteiger partial charge < -0.3 is 10.1 Å². The van der Waals surface area contributed by atoms with Crippen molar-refractivity contribution in [1.82, 2.24) is 24.8 Å². The molecule has 1 amide bonds. The minimum absolute atomic E-state index is 0.146. The van der Waals surface area contributed by atoms with Crippen LogP contribution in [0.5, 0.6) is 0 Å². The number of hydrogen-bond acceptors (Lipinski definition) is 8. The highest BCUT2D eigenvalue weighted by atomic mass is 32.2. The van der Waals surface area contributed by atoms with Crippen LogP contribution in [0.15, 0.2) is 36.9 Å². The van der Waals surface area contributed by atoms with Gasteiger partial charge in [-0.05, 0) is 31.4 Å². The van der Waals surface area contributed by atoms with Crippen LogP contribution in [0, 0.1) is 6.92 Å². The van der Waals surface area contributed by atoms with Gasteiger partial charge >= 0.3 is 10.3 Å². The van der Waals surface area contributed by atoms with Gasteiger partial charge in [0, 0.05) is 5.56 Å². The predicted octanol–water partition coefficient (Wildman–Crippen LogP) is 0.962. The number of fused-ring (bicyclic) bond motifs is 1. The van der Waals surface area contributed by atoms with Crippen LogP contribution in [0.1, 0.15) is 40.7 Å². The van der Waals surface area contributed by atoms with Crippen molar-refractivity contribution in [3.8, 4) is 0 Å². The number of imidazole rings is 1. The molecular formula is C19H22N6O5S. The van der Waals surface area contributed by atoms with Crippen LogP contribution in [0.2, 0.25) is 0 Å². The van der Waals surface area contributed by atoms with Crippen LogP contribution < -0.4 is 10.5 Å². The topological polar surface area (TPSA) is 151 Å². The molecule has 1 aliphatic heterocycles. The Balaban J connectivity index is 1.46. The third-order valence-corrected chi connectivity index (χ3v) is 5.52. The van der Waals surface area contributed by atoms with Crippen molar-refractivity contribution in [2.45, 2.75) is 38.6 Å². The SMILES string of the molecule is Cc1ccccc1C(=O)NCc1ncnc2c1ncn2[C@H]1CC[C@@H](COS(N)(=O)=O)O1. The number of hydrogen-bond donors (Lipinski definition) is 2. The van der Waals surface area contributed by atoms with Crippen molar-refractivity contribution in [3.05, 3.63) is 53.7 Å². The molecule has 1 saturated heterocycles. The third-order valence-electron chi connectivity index (χ3n) is 5.05. The summed E-state index contributed by atoms with van der Waals surface area (Å²) in [6.45, 7) is 1.93. The Hall–Kier alpha value is -2.93. The number of nitrogens with two attached hydrogens (primary N) is 1. The van der Waals surface area contributed by atoms with Gasteiger partial charge in [0.2, 0.25) is 0 Å². The van der Waals surface area contributed by atoms with Gasteiger partial charge in [-0.1, -0.05) is 18.2 Å². The molecule has 0 radical (unpaired) electrons. The average Bonchev–Trinajstić information content (AvgIpc) is 3.37. The van der Waals surface area contributed by atoms with Gasteiger partial charge in [-0.25, -0.2) is 20.1 Å². The predicted molar refractivity (Wildman–Crippen MR) is 110 cm³/mol. The van der Waals surface area contributed by atoms with E-state index >= 15 is 0 Å². The summed E-state index contributed by atoms with van der Waals surface area (Å²) in [5, 5.41) is 7.73. The lowest BCUT2D eigenvalue weighted by molar-refractivity contribution is -0.0149. The van der Waals surface area contributed by atoms with Crippen LogP contribution in [-0.4, -0.2) is 46.6 Å². The number of aryl methyl sites for hydroxylation is 1. The Kier molecular flexibility index (Phi) is 5.96. The van der Waals surface area contributed by atoms with E-state index in [1.54, 1.807) is 17.0 Å². The molecule has 1 aliphatic rings. The lowest BCUT2D eigenvalue weighted by Crippen LogP contribution is -2.24. The molecule has 0 bridgehead atoms.